The van der Waals surface area contributed by atoms with Crippen LogP contribution in [0.2, 0.25) is 0 Å². The molecule has 0 radical (unpaired) electrons. The fourth-order valence-electron chi connectivity index (χ4n) is 3.53. The molecule has 0 unspecified atom stereocenters. The average molecular weight is 361 g/mol. The molecule has 8 nitrogen and oxygen atoms in total. The van der Waals surface area contributed by atoms with Gasteiger partial charge in [0.1, 0.15) is 5.75 Å². The van der Waals surface area contributed by atoms with E-state index in [4.69, 9.17) is 10.4 Å². The topological polar surface area (TPSA) is 134 Å². The fourth-order valence-corrected chi connectivity index (χ4v) is 3.53. The monoisotopic (exact) mass is 361 g/mol. The number of carboxylic acid groups (broad SMARTS) is 1. The Morgan fingerprint density at radius 1 is 1.27 bits per heavy atom. The van der Waals surface area contributed by atoms with Crippen molar-refractivity contribution in [3.8, 4) is 5.75 Å². The van der Waals surface area contributed by atoms with Crippen LogP contribution in [0.3, 0.4) is 0 Å². The van der Waals surface area contributed by atoms with E-state index in [0.717, 1.165) is 25.7 Å². The lowest BCUT2D eigenvalue weighted by Crippen LogP contribution is -2.55. The number of hydrogen-bond acceptors (Lipinski definition) is 6. The van der Waals surface area contributed by atoms with Gasteiger partial charge in [-0.05, 0) is 43.7 Å². The lowest BCUT2D eigenvalue weighted by atomic mass is 9.72. The molecule has 6 N–H and O–H groups in total. The van der Waals surface area contributed by atoms with Crippen molar-refractivity contribution >= 4 is 19.0 Å². The van der Waals surface area contributed by atoms with Crippen molar-refractivity contribution in [2.24, 2.45) is 5.73 Å². The van der Waals surface area contributed by atoms with E-state index in [2.05, 4.69) is 10.6 Å². The van der Waals surface area contributed by atoms with Gasteiger partial charge in [-0.2, -0.15) is 0 Å². The number of benzene rings is 1. The van der Waals surface area contributed by atoms with E-state index >= 15 is 0 Å². The van der Waals surface area contributed by atoms with Gasteiger partial charge in [-0.1, -0.05) is 12.1 Å². The average Bonchev–Trinajstić information content (AvgIpc) is 2.61. The van der Waals surface area contributed by atoms with Crippen molar-refractivity contribution in [1.82, 2.24) is 10.6 Å². The van der Waals surface area contributed by atoms with Crippen LogP contribution in [0.4, 0.5) is 0 Å². The highest BCUT2D eigenvalue weighted by Crippen LogP contribution is 2.30. The Hall–Kier alpha value is -2.10. The summed E-state index contributed by atoms with van der Waals surface area (Å²) in [5.74, 6) is -1.81. The SMILES string of the molecule is NC1CCC(NCC(=O)N[C@H]2Cc3cccc(C(=O)O)c3OB2O)CC1. The van der Waals surface area contributed by atoms with Crippen LogP contribution in [0, 0.1) is 0 Å². The maximum Gasteiger partial charge on any atom is 0.547 e. The van der Waals surface area contributed by atoms with Crippen LogP contribution in [-0.4, -0.2) is 53.7 Å². The summed E-state index contributed by atoms with van der Waals surface area (Å²) in [5.41, 5.74) is 6.53. The molecule has 0 spiro atoms. The van der Waals surface area contributed by atoms with Crippen molar-refractivity contribution in [2.45, 2.75) is 50.1 Å². The van der Waals surface area contributed by atoms with Crippen LogP contribution < -0.4 is 21.0 Å². The molecule has 1 aliphatic heterocycles. The first-order chi connectivity index (χ1) is 12.4. The van der Waals surface area contributed by atoms with Gasteiger partial charge in [0.25, 0.3) is 0 Å². The number of rotatable bonds is 5. The lowest BCUT2D eigenvalue weighted by Gasteiger charge is -2.30. The van der Waals surface area contributed by atoms with E-state index in [1.54, 1.807) is 12.1 Å². The first-order valence-electron chi connectivity index (χ1n) is 8.92. The number of carbonyl (C=O) groups is 2. The van der Waals surface area contributed by atoms with E-state index in [9.17, 15) is 19.7 Å². The van der Waals surface area contributed by atoms with E-state index in [1.807, 2.05) is 0 Å². The maximum absolute atomic E-state index is 12.2. The van der Waals surface area contributed by atoms with Crippen LogP contribution in [-0.2, 0) is 11.2 Å². The molecule has 1 aliphatic carbocycles. The zero-order valence-corrected chi connectivity index (χ0v) is 14.5. The highest BCUT2D eigenvalue weighted by atomic mass is 16.5. The second-order valence-electron chi connectivity index (χ2n) is 6.98. The van der Waals surface area contributed by atoms with Gasteiger partial charge in [0.15, 0.2) is 0 Å². The van der Waals surface area contributed by atoms with Crippen LogP contribution >= 0.6 is 0 Å². The van der Waals surface area contributed by atoms with Gasteiger partial charge in [-0.3, -0.25) is 4.79 Å². The first-order valence-corrected chi connectivity index (χ1v) is 8.92. The second kappa shape index (κ2) is 8.07. The first kappa shape index (κ1) is 18.7. The number of aromatic carboxylic acids is 1. The molecule has 1 aromatic carbocycles. The fraction of sp³-hybridized carbons (Fsp3) is 0.529. The third-order valence-electron chi connectivity index (χ3n) is 5.02. The standard InChI is InChI=1S/C17H24BN3O5/c19-11-4-6-12(7-5-11)20-9-15(22)21-14-8-10-2-1-3-13(17(23)24)16(10)26-18(14)25/h1-3,11-12,14,20,25H,4-9,19H2,(H,21,22)(H,23,24)/t11?,12?,14-/m0/s1. The molecule has 9 heteroatoms. The molecule has 1 saturated carbocycles. The molecule has 0 saturated heterocycles. The number of carbonyl (C=O) groups excluding carboxylic acids is 1. The molecule has 0 bridgehead atoms. The smallest absolute Gasteiger partial charge is 0.534 e. The molecule has 2 aliphatic rings. The molecule has 1 fully saturated rings. The Balaban J connectivity index is 1.54. The molecular weight excluding hydrogens is 337 g/mol. The Morgan fingerprint density at radius 3 is 2.69 bits per heavy atom. The van der Waals surface area contributed by atoms with Gasteiger partial charge in [0, 0.05) is 12.1 Å². The van der Waals surface area contributed by atoms with Gasteiger partial charge < -0.3 is 31.2 Å². The third-order valence-corrected chi connectivity index (χ3v) is 5.02. The summed E-state index contributed by atoms with van der Waals surface area (Å²) in [7, 11) is -1.29. The van der Waals surface area contributed by atoms with Crippen LogP contribution in [0.15, 0.2) is 18.2 Å². The van der Waals surface area contributed by atoms with E-state index in [-0.39, 0.29) is 35.8 Å². The van der Waals surface area contributed by atoms with Gasteiger partial charge in [-0.15, -0.1) is 0 Å². The molecule has 3 rings (SSSR count). The van der Waals surface area contributed by atoms with Crippen LogP contribution in [0.1, 0.15) is 41.6 Å². The molecule has 140 valence electrons. The minimum absolute atomic E-state index is 0.00324. The molecular formula is C17H24BN3O5. The Morgan fingerprint density at radius 2 is 2.00 bits per heavy atom. The number of fused-ring (bicyclic) bond motifs is 1. The number of nitrogens with two attached hydrogens (primary N) is 1. The molecule has 26 heavy (non-hydrogen) atoms. The van der Waals surface area contributed by atoms with Gasteiger partial charge in [-0.25, -0.2) is 4.79 Å². The maximum atomic E-state index is 12.2. The van der Waals surface area contributed by atoms with Crippen molar-refractivity contribution in [3.63, 3.8) is 0 Å². The lowest BCUT2D eigenvalue weighted by molar-refractivity contribution is -0.120. The normalized spacial score (nSPS) is 25.2. The number of amides is 1. The second-order valence-corrected chi connectivity index (χ2v) is 6.98. The number of hydrogen-bond donors (Lipinski definition) is 5. The Bertz CT molecular complexity index is 678. The Kier molecular flexibility index (Phi) is 5.80. The summed E-state index contributed by atoms with van der Waals surface area (Å²) in [6, 6.07) is 5.32. The minimum atomic E-state index is -1.29. The largest absolute Gasteiger partial charge is 0.547 e. The number of nitrogens with one attached hydrogen (secondary N) is 2. The van der Waals surface area contributed by atoms with Gasteiger partial charge >= 0.3 is 13.1 Å². The summed E-state index contributed by atoms with van der Waals surface area (Å²) in [4.78, 5) is 23.4. The van der Waals surface area contributed by atoms with Gasteiger partial charge in [0.2, 0.25) is 5.91 Å². The minimum Gasteiger partial charge on any atom is -0.534 e. The Labute approximate surface area is 152 Å². The molecule has 1 atom stereocenters. The van der Waals surface area contributed by atoms with Crippen molar-refractivity contribution in [1.29, 1.82) is 0 Å². The van der Waals surface area contributed by atoms with E-state index < -0.39 is 19.0 Å². The quantitative estimate of drug-likeness (QED) is 0.454. The van der Waals surface area contributed by atoms with Crippen LogP contribution in [0.25, 0.3) is 0 Å². The predicted molar refractivity (Wildman–Crippen MR) is 95.9 cm³/mol. The summed E-state index contributed by atoms with van der Waals surface area (Å²) in [5, 5.41) is 25.3. The third kappa shape index (κ3) is 4.35. The molecule has 1 heterocycles. The molecule has 1 amide bonds. The zero-order chi connectivity index (χ0) is 18.7. The number of para-hydroxylation sites is 1. The summed E-state index contributed by atoms with van der Waals surface area (Å²) in [6.45, 7) is 0.158. The highest BCUT2D eigenvalue weighted by molar-refractivity contribution is 6.47. The zero-order valence-electron chi connectivity index (χ0n) is 14.5. The number of carboxylic acids is 1. The van der Waals surface area contributed by atoms with Gasteiger partial charge in [0.05, 0.1) is 18.0 Å². The summed E-state index contributed by atoms with van der Waals surface area (Å²) >= 11 is 0. The summed E-state index contributed by atoms with van der Waals surface area (Å²) in [6.07, 6.45) is 4.12. The molecule has 0 aromatic heterocycles. The van der Waals surface area contributed by atoms with Crippen molar-refractivity contribution < 1.29 is 24.4 Å². The highest BCUT2D eigenvalue weighted by Gasteiger charge is 2.37. The van der Waals surface area contributed by atoms with E-state index in [1.165, 1.54) is 6.07 Å². The summed E-state index contributed by atoms with van der Waals surface area (Å²) < 4.78 is 5.37. The molecule has 1 aromatic rings. The van der Waals surface area contributed by atoms with Crippen molar-refractivity contribution in [2.75, 3.05) is 6.54 Å². The predicted octanol–water partition coefficient (Wildman–Crippen LogP) is -0.316. The van der Waals surface area contributed by atoms with E-state index in [0.29, 0.717) is 12.0 Å². The van der Waals surface area contributed by atoms with Crippen molar-refractivity contribution in [3.05, 3.63) is 29.3 Å². The van der Waals surface area contributed by atoms with Crippen LogP contribution in [0.5, 0.6) is 5.75 Å².